The van der Waals surface area contributed by atoms with Crippen molar-refractivity contribution >= 4 is 17.3 Å². The van der Waals surface area contributed by atoms with E-state index >= 15 is 0 Å². The van der Waals surface area contributed by atoms with Gasteiger partial charge in [-0.15, -0.1) is 11.3 Å². The second-order valence-corrected chi connectivity index (χ2v) is 7.47. The molecular formula is C26H18O4S. The Labute approximate surface area is 184 Å². The molecule has 0 unspecified atom stereocenters. The molecule has 152 valence electrons. The first kappa shape index (κ1) is 20.3. The number of carboxylic acids is 1. The summed E-state index contributed by atoms with van der Waals surface area (Å²) in [7, 11) is 0. The molecule has 0 fully saturated rings. The SMILES string of the molecule is O=C(O)c1cccc(Oc2ccccc2OCC#Cc2ccc(-c3cccs3)cc2)c1. The van der Waals surface area contributed by atoms with E-state index in [9.17, 15) is 4.79 Å². The zero-order valence-electron chi connectivity index (χ0n) is 16.4. The maximum atomic E-state index is 11.1. The first-order valence-corrected chi connectivity index (χ1v) is 10.4. The van der Waals surface area contributed by atoms with E-state index in [4.69, 9.17) is 14.6 Å². The maximum Gasteiger partial charge on any atom is 0.335 e. The summed E-state index contributed by atoms with van der Waals surface area (Å²) >= 11 is 1.71. The molecule has 0 aliphatic carbocycles. The fraction of sp³-hybridized carbons (Fsp3) is 0.0385. The number of benzene rings is 3. The first-order valence-electron chi connectivity index (χ1n) is 9.55. The number of rotatable bonds is 6. The van der Waals surface area contributed by atoms with Crippen molar-refractivity contribution < 1.29 is 19.4 Å². The summed E-state index contributed by atoms with van der Waals surface area (Å²) in [5.41, 5.74) is 2.25. The number of hydrogen-bond acceptors (Lipinski definition) is 4. The lowest BCUT2D eigenvalue weighted by molar-refractivity contribution is 0.0696. The minimum absolute atomic E-state index is 0.159. The fourth-order valence-corrected chi connectivity index (χ4v) is 3.62. The predicted molar refractivity (Wildman–Crippen MR) is 122 cm³/mol. The number of carboxylic acid groups (broad SMARTS) is 1. The molecule has 0 saturated carbocycles. The number of carbonyl (C=O) groups is 1. The highest BCUT2D eigenvalue weighted by molar-refractivity contribution is 7.13. The molecule has 0 aliphatic heterocycles. The average Bonchev–Trinajstić information content (AvgIpc) is 3.33. The number of ether oxygens (including phenoxy) is 2. The van der Waals surface area contributed by atoms with Crippen molar-refractivity contribution in [3.63, 3.8) is 0 Å². The molecule has 0 amide bonds. The van der Waals surface area contributed by atoms with Gasteiger partial charge in [0.15, 0.2) is 11.5 Å². The lowest BCUT2D eigenvalue weighted by Crippen LogP contribution is -1.98. The van der Waals surface area contributed by atoms with E-state index in [2.05, 4.69) is 35.4 Å². The van der Waals surface area contributed by atoms with Crippen LogP contribution in [0.2, 0.25) is 0 Å². The zero-order valence-corrected chi connectivity index (χ0v) is 17.3. The van der Waals surface area contributed by atoms with Gasteiger partial charge in [-0.05, 0) is 59.5 Å². The van der Waals surface area contributed by atoms with E-state index in [-0.39, 0.29) is 12.2 Å². The predicted octanol–water partition coefficient (Wildman–Crippen LogP) is 6.34. The van der Waals surface area contributed by atoms with Crippen molar-refractivity contribution in [1.82, 2.24) is 0 Å². The van der Waals surface area contributed by atoms with Crippen molar-refractivity contribution in [1.29, 1.82) is 0 Å². The van der Waals surface area contributed by atoms with Crippen LogP contribution in [0.5, 0.6) is 17.2 Å². The molecule has 0 spiro atoms. The molecule has 1 N–H and O–H groups in total. The summed E-state index contributed by atoms with van der Waals surface area (Å²) in [4.78, 5) is 12.4. The highest BCUT2D eigenvalue weighted by Gasteiger charge is 2.08. The first-order chi connectivity index (χ1) is 15.2. The summed E-state index contributed by atoms with van der Waals surface area (Å²) in [6.45, 7) is 0.197. The zero-order chi connectivity index (χ0) is 21.5. The van der Waals surface area contributed by atoms with Gasteiger partial charge in [-0.1, -0.05) is 48.2 Å². The van der Waals surface area contributed by atoms with E-state index in [0.717, 1.165) is 5.56 Å². The molecule has 0 radical (unpaired) electrons. The van der Waals surface area contributed by atoms with E-state index in [1.807, 2.05) is 30.3 Å². The number of aromatic carboxylic acids is 1. The summed E-state index contributed by atoms with van der Waals surface area (Å²) in [6, 6.07) is 25.8. The van der Waals surface area contributed by atoms with Gasteiger partial charge >= 0.3 is 5.97 Å². The molecule has 31 heavy (non-hydrogen) atoms. The van der Waals surface area contributed by atoms with Gasteiger partial charge in [0.05, 0.1) is 5.56 Å². The van der Waals surface area contributed by atoms with Crippen LogP contribution in [0.3, 0.4) is 0 Å². The molecule has 1 heterocycles. The summed E-state index contributed by atoms with van der Waals surface area (Å²) in [6.07, 6.45) is 0. The van der Waals surface area contributed by atoms with Crippen LogP contribution in [-0.4, -0.2) is 17.7 Å². The second kappa shape index (κ2) is 9.66. The van der Waals surface area contributed by atoms with Crippen LogP contribution in [0.15, 0.2) is 90.3 Å². The molecule has 0 saturated heterocycles. The Morgan fingerprint density at radius 3 is 2.45 bits per heavy atom. The third-order valence-corrected chi connectivity index (χ3v) is 5.30. The summed E-state index contributed by atoms with van der Waals surface area (Å²) < 4.78 is 11.6. The average molecular weight is 426 g/mol. The monoisotopic (exact) mass is 426 g/mol. The normalized spacial score (nSPS) is 10.1. The number of para-hydroxylation sites is 2. The van der Waals surface area contributed by atoms with Crippen LogP contribution < -0.4 is 9.47 Å². The van der Waals surface area contributed by atoms with E-state index in [1.165, 1.54) is 22.6 Å². The van der Waals surface area contributed by atoms with Gasteiger partial charge in [0.2, 0.25) is 0 Å². The quantitative estimate of drug-likeness (QED) is 0.366. The van der Waals surface area contributed by atoms with Crippen molar-refractivity contribution in [3.8, 4) is 39.5 Å². The van der Waals surface area contributed by atoms with Gasteiger partial charge in [0.25, 0.3) is 0 Å². The van der Waals surface area contributed by atoms with E-state index in [1.54, 1.807) is 35.6 Å². The van der Waals surface area contributed by atoms with E-state index < -0.39 is 5.97 Å². The molecule has 0 atom stereocenters. The van der Waals surface area contributed by atoms with E-state index in [0.29, 0.717) is 17.2 Å². The Balaban J connectivity index is 1.40. The van der Waals surface area contributed by atoms with Gasteiger partial charge in [-0.25, -0.2) is 4.79 Å². The third kappa shape index (κ3) is 5.33. The van der Waals surface area contributed by atoms with Crippen molar-refractivity contribution in [2.75, 3.05) is 6.61 Å². The van der Waals surface area contributed by atoms with Crippen LogP contribution in [-0.2, 0) is 0 Å². The molecule has 5 heteroatoms. The highest BCUT2D eigenvalue weighted by Crippen LogP contribution is 2.31. The molecule has 1 aromatic heterocycles. The molecule has 4 aromatic rings. The van der Waals surface area contributed by atoms with Gasteiger partial charge < -0.3 is 14.6 Å². The lowest BCUT2D eigenvalue weighted by Gasteiger charge is -2.11. The van der Waals surface area contributed by atoms with Gasteiger partial charge in [0, 0.05) is 10.4 Å². The molecule has 0 bridgehead atoms. The Hall–Kier alpha value is -4.01. The van der Waals surface area contributed by atoms with Crippen molar-refractivity contribution in [2.45, 2.75) is 0 Å². The minimum atomic E-state index is -1.01. The molecule has 4 nitrogen and oxygen atoms in total. The third-order valence-electron chi connectivity index (χ3n) is 4.38. The smallest absolute Gasteiger partial charge is 0.335 e. The maximum absolute atomic E-state index is 11.1. The Morgan fingerprint density at radius 1 is 0.903 bits per heavy atom. The largest absolute Gasteiger partial charge is 0.478 e. The van der Waals surface area contributed by atoms with Gasteiger partial charge in [0.1, 0.15) is 12.4 Å². The van der Waals surface area contributed by atoms with Crippen molar-refractivity contribution in [3.05, 3.63) is 101 Å². The number of hydrogen-bond donors (Lipinski definition) is 1. The molecule has 0 aliphatic rings. The van der Waals surface area contributed by atoms with Crippen LogP contribution in [0.25, 0.3) is 10.4 Å². The van der Waals surface area contributed by atoms with Crippen LogP contribution in [0.1, 0.15) is 15.9 Å². The van der Waals surface area contributed by atoms with Gasteiger partial charge in [-0.2, -0.15) is 0 Å². The second-order valence-electron chi connectivity index (χ2n) is 6.53. The minimum Gasteiger partial charge on any atom is -0.478 e. The van der Waals surface area contributed by atoms with Crippen LogP contribution >= 0.6 is 11.3 Å². The summed E-state index contributed by atoms with van der Waals surface area (Å²) in [5.74, 6) is 6.56. The van der Waals surface area contributed by atoms with Crippen molar-refractivity contribution in [2.24, 2.45) is 0 Å². The summed E-state index contributed by atoms with van der Waals surface area (Å²) in [5, 5.41) is 11.2. The van der Waals surface area contributed by atoms with Crippen LogP contribution in [0, 0.1) is 11.8 Å². The molecule has 4 rings (SSSR count). The standard InChI is InChI=1S/C26H18O4S/c27-26(28)21-7-3-8-22(18-21)30-24-10-2-1-9-23(24)29-16-4-6-19-12-14-20(15-13-19)25-11-5-17-31-25/h1-3,5,7-15,17-18H,16H2,(H,27,28). The van der Waals surface area contributed by atoms with Crippen LogP contribution in [0.4, 0.5) is 0 Å². The molecule has 3 aromatic carbocycles. The topological polar surface area (TPSA) is 55.8 Å². The molecular weight excluding hydrogens is 408 g/mol. The Kier molecular flexibility index (Phi) is 6.32. The fourth-order valence-electron chi connectivity index (χ4n) is 2.89. The van der Waals surface area contributed by atoms with Gasteiger partial charge in [-0.3, -0.25) is 0 Å². The Bertz CT molecular complexity index is 1230. The Morgan fingerprint density at radius 2 is 1.71 bits per heavy atom. The highest BCUT2D eigenvalue weighted by atomic mass is 32.1. The number of thiophene rings is 1. The lowest BCUT2D eigenvalue weighted by atomic mass is 10.1.